The summed E-state index contributed by atoms with van der Waals surface area (Å²) in [7, 11) is -2.60. The minimum atomic E-state index is -4.16. The molecule has 0 heterocycles. The summed E-state index contributed by atoms with van der Waals surface area (Å²) in [5.74, 6) is 0.664. The smallest absolute Gasteiger partial charge is 0.289 e. The third-order valence-electron chi connectivity index (χ3n) is 5.03. The first-order valence-corrected chi connectivity index (χ1v) is 11.2. The molecule has 0 amide bonds. The number of nitro groups is 1. The monoisotopic (exact) mass is 440 g/mol. The van der Waals surface area contributed by atoms with E-state index in [4.69, 9.17) is 4.74 Å². The maximum Gasteiger partial charge on any atom is 0.289 e. The fraction of sp³-hybridized carbons (Fsp3) is 0.217. The van der Waals surface area contributed by atoms with Crippen LogP contribution in [-0.2, 0) is 23.0 Å². The number of nitro benzene ring substituents is 1. The topological polar surface area (TPSA) is 89.8 Å². The zero-order valence-corrected chi connectivity index (χ0v) is 18.2. The Morgan fingerprint density at radius 2 is 1.58 bits per heavy atom. The van der Waals surface area contributed by atoms with E-state index in [-0.39, 0.29) is 11.4 Å². The van der Waals surface area contributed by atoms with Crippen LogP contribution in [0.25, 0.3) is 0 Å². The van der Waals surface area contributed by atoms with Crippen LogP contribution >= 0.6 is 0 Å². The van der Waals surface area contributed by atoms with Crippen LogP contribution in [0.5, 0.6) is 5.75 Å². The summed E-state index contributed by atoms with van der Waals surface area (Å²) in [6.07, 6.45) is 0.386. The Kier molecular flexibility index (Phi) is 7.04. The Morgan fingerprint density at radius 3 is 2.26 bits per heavy atom. The van der Waals surface area contributed by atoms with Crippen molar-refractivity contribution in [2.24, 2.45) is 0 Å². The van der Waals surface area contributed by atoms with Crippen LogP contribution in [0.1, 0.15) is 18.1 Å². The molecule has 0 unspecified atom stereocenters. The average molecular weight is 441 g/mol. The number of rotatable bonds is 9. The Bertz CT molecular complexity index is 1150. The lowest BCUT2D eigenvalue weighted by atomic mass is 10.1. The maximum absolute atomic E-state index is 13.6. The van der Waals surface area contributed by atoms with Gasteiger partial charge in [-0.2, -0.15) is 4.31 Å². The second kappa shape index (κ2) is 9.72. The normalized spacial score (nSPS) is 12.5. The Balaban J connectivity index is 2.05. The number of benzene rings is 3. The minimum absolute atomic E-state index is 0.0888. The van der Waals surface area contributed by atoms with Crippen LogP contribution in [0.3, 0.4) is 0 Å². The molecule has 0 saturated heterocycles. The summed E-state index contributed by atoms with van der Waals surface area (Å²) in [6, 6.07) is 21.5. The molecule has 0 aliphatic carbocycles. The Hall–Kier alpha value is -3.23. The summed E-state index contributed by atoms with van der Waals surface area (Å²) in [4.78, 5) is 10.5. The number of para-hydroxylation sites is 2. The fourth-order valence-corrected chi connectivity index (χ4v) is 5.26. The third kappa shape index (κ3) is 5.10. The van der Waals surface area contributed by atoms with Crippen molar-refractivity contribution in [3.63, 3.8) is 0 Å². The van der Waals surface area contributed by atoms with Gasteiger partial charge in [-0.05, 0) is 36.6 Å². The lowest BCUT2D eigenvalue weighted by molar-refractivity contribution is -0.387. The minimum Gasteiger partial charge on any atom is -0.496 e. The fourth-order valence-electron chi connectivity index (χ4n) is 3.49. The number of methoxy groups -OCH3 is 1. The molecule has 3 aromatic carbocycles. The van der Waals surface area contributed by atoms with E-state index in [1.54, 1.807) is 14.0 Å². The first-order valence-electron chi connectivity index (χ1n) is 9.75. The van der Waals surface area contributed by atoms with E-state index in [1.165, 1.54) is 28.6 Å². The van der Waals surface area contributed by atoms with E-state index in [1.807, 2.05) is 54.6 Å². The van der Waals surface area contributed by atoms with Crippen molar-refractivity contribution in [1.29, 1.82) is 0 Å². The summed E-state index contributed by atoms with van der Waals surface area (Å²) in [5.41, 5.74) is 1.20. The van der Waals surface area contributed by atoms with Crippen molar-refractivity contribution >= 4 is 15.7 Å². The number of nitrogens with zero attached hydrogens (tertiary/aromatic N) is 2. The zero-order chi connectivity index (χ0) is 22.4. The highest BCUT2D eigenvalue weighted by Gasteiger charge is 2.34. The quantitative estimate of drug-likeness (QED) is 0.363. The molecule has 1 atom stereocenters. The standard InChI is InChI=1S/C23H24N2O5S/c1-18(16-20-12-6-8-14-22(20)30-2)24(17-19-10-4-3-5-11-19)31(28,29)23-15-9-7-13-21(23)25(26)27/h3-15,18H,16-17H2,1-2H3/t18-/m1/s1. The van der Waals surface area contributed by atoms with Gasteiger partial charge < -0.3 is 4.74 Å². The van der Waals surface area contributed by atoms with Crippen molar-refractivity contribution in [2.45, 2.75) is 30.8 Å². The molecule has 3 aromatic rings. The third-order valence-corrected chi connectivity index (χ3v) is 7.04. The average Bonchev–Trinajstić information content (AvgIpc) is 2.78. The number of ether oxygens (including phenoxy) is 1. The van der Waals surface area contributed by atoms with Gasteiger partial charge in [-0.25, -0.2) is 8.42 Å². The first-order chi connectivity index (χ1) is 14.8. The SMILES string of the molecule is COc1ccccc1C[C@@H](C)N(Cc1ccccc1)S(=O)(=O)c1ccccc1[N+](=O)[O-]. The zero-order valence-electron chi connectivity index (χ0n) is 17.3. The van der Waals surface area contributed by atoms with Gasteiger partial charge in [-0.3, -0.25) is 10.1 Å². The van der Waals surface area contributed by atoms with E-state index in [0.29, 0.717) is 12.2 Å². The molecular weight excluding hydrogens is 416 g/mol. The molecule has 31 heavy (non-hydrogen) atoms. The largest absolute Gasteiger partial charge is 0.496 e. The summed E-state index contributed by atoms with van der Waals surface area (Å²) in [6.45, 7) is 1.88. The molecule has 8 heteroatoms. The second-order valence-corrected chi connectivity index (χ2v) is 8.98. The number of hydrogen-bond donors (Lipinski definition) is 0. The van der Waals surface area contributed by atoms with Crippen LogP contribution < -0.4 is 4.74 Å². The van der Waals surface area contributed by atoms with Crippen LogP contribution in [0, 0.1) is 10.1 Å². The second-order valence-electron chi connectivity index (χ2n) is 7.13. The van der Waals surface area contributed by atoms with Crippen molar-refractivity contribution < 1.29 is 18.1 Å². The van der Waals surface area contributed by atoms with E-state index in [2.05, 4.69) is 0 Å². The van der Waals surface area contributed by atoms with Gasteiger partial charge in [-0.15, -0.1) is 0 Å². The van der Waals surface area contributed by atoms with E-state index < -0.39 is 26.7 Å². The molecular formula is C23H24N2O5S. The van der Waals surface area contributed by atoms with Gasteiger partial charge in [0.2, 0.25) is 10.0 Å². The van der Waals surface area contributed by atoms with Crippen molar-refractivity contribution in [3.05, 3.63) is 100 Å². The molecule has 0 N–H and O–H groups in total. The molecule has 0 aliphatic rings. The van der Waals surface area contributed by atoms with Crippen molar-refractivity contribution in [1.82, 2.24) is 4.31 Å². The summed E-state index contributed by atoms with van der Waals surface area (Å²) < 4.78 is 34.0. The molecule has 7 nitrogen and oxygen atoms in total. The van der Waals surface area contributed by atoms with Gasteiger partial charge in [0.05, 0.1) is 12.0 Å². The molecule has 0 saturated carbocycles. The van der Waals surface area contributed by atoms with E-state index in [0.717, 1.165) is 11.1 Å². The van der Waals surface area contributed by atoms with Gasteiger partial charge in [0.15, 0.2) is 4.90 Å². The molecule has 3 rings (SSSR count). The van der Waals surface area contributed by atoms with Gasteiger partial charge >= 0.3 is 0 Å². The summed E-state index contributed by atoms with van der Waals surface area (Å²) in [5, 5.41) is 11.5. The highest BCUT2D eigenvalue weighted by molar-refractivity contribution is 7.89. The van der Waals surface area contributed by atoms with E-state index >= 15 is 0 Å². The maximum atomic E-state index is 13.6. The lowest BCUT2D eigenvalue weighted by Crippen LogP contribution is -2.39. The van der Waals surface area contributed by atoms with Gasteiger partial charge in [0.25, 0.3) is 5.69 Å². The molecule has 0 aliphatic heterocycles. The molecule has 0 spiro atoms. The highest BCUT2D eigenvalue weighted by atomic mass is 32.2. The van der Waals surface area contributed by atoms with E-state index in [9.17, 15) is 18.5 Å². The van der Waals surface area contributed by atoms with Gasteiger partial charge in [0.1, 0.15) is 5.75 Å². The lowest BCUT2D eigenvalue weighted by Gasteiger charge is -2.29. The summed E-state index contributed by atoms with van der Waals surface area (Å²) >= 11 is 0. The highest BCUT2D eigenvalue weighted by Crippen LogP contribution is 2.30. The molecule has 0 fully saturated rings. The van der Waals surface area contributed by atoms with Gasteiger partial charge in [0, 0.05) is 18.7 Å². The van der Waals surface area contributed by atoms with Gasteiger partial charge in [-0.1, -0.05) is 60.7 Å². The Morgan fingerprint density at radius 1 is 0.968 bits per heavy atom. The van der Waals surface area contributed by atoms with Crippen molar-refractivity contribution in [2.75, 3.05) is 7.11 Å². The number of hydrogen-bond acceptors (Lipinski definition) is 5. The van der Waals surface area contributed by atoms with Crippen molar-refractivity contribution in [3.8, 4) is 5.75 Å². The molecule has 0 aromatic heterocycles. The molecule has 162 valence electrons. The molecule has 0 radical (unpaired) electrons. The Labute approximate surface area is 182 Å². The molecule has 0 bridgehead atoms. The number of sulfonamides is 1. The predicted molar refractivity (Wildman–Crippen MR) is 118 cm³/mol. The predicted octanol–water partition coefficient (Wildman–Crippen LogP) is 4.43. The van der Waals surface area contributed by atoms with Crippen LogP contribution in [-0.4, -0.2) is 30.8 Å². The van der Waals surface area contributed by atoms with Crippen LogP contribution in [0.15, 0.2) is 83.8 Å². The van der Waals surface area contributed by atoms with Crippen LogP contribution in [0.4, 0.5) is 5.69 Å². The van der Waals surface area contributed by atoms with Crippen LogP contribution in [0.2, 0.25) is 0 Å². The first kappa shape index (κ1) is 22.5.